The topological polar surface area (TPSA) is 9.23 Å². The molecule has 2 nitrogen and oxygen atoms in total. The van der Waals surface area contributed by atoms with Crippen LogP contribution >= 0.6 is 0 Å². The first-order chi connectivity index (χ1) is 6.05. The van der Waals surface area contributed by atoms with E-state index >= 15 is 0 Å². The van der Waals surface area contributed by atoms with Crippen LogP contribution in [0, 0.1) is 0 Å². The minimum absolute atomic E-state index is 0. The van der Waals surface area contributed by atoms with Crippen LogP contribution in [0.3, 0.4) is 0 Å². The molecule has 0 aliphatic rings. The number of ether oxygens (including phenoxy) is 1. The van der Waals surface area contributed by atoms with Gasteiger partial charge >= 0.3 is 23.9 Å². The second kappa shape index (κ2) is 5.73. The Hall–Kier alpha value is -0.0613. The van der Waals surface area contributed by atoms with Crippen molar-refractivity contribution < 1.29 is 9.22 Å². The molecule has 0 spiro atoms. The predicted octanol–water partition coefficient (Wildman–Crippen LogP) is 0.586. The monoisotopic (exact) mass is 304 g/mol. The van der Waals surface area contributed by atoms with E-state index in [0.29, 0.717) is 0 Å². The van der Waals surface area contributed by atoms with Crippen LogP contribution in [0.2, 0.25) is 0 Å². The van der Waals surface area contributed by atoms with Crippen LogP contribution in [-0.2, 0) is 4.74 Å². The first-order valence-electron chi connectivity index (χ1n) is 4.44. The molecule has 1 atom stereocenters. The first-order valence-corrected chi connectivity index (χ1v) is 4.44. The predicted molar refractivity (Wildman–Crippen MR) is 65.6 cm³/mol. The Morgan fingerprint density at radius 1 is 1.07 bits per heavy atom. The Labute approximate surface area is 103 Å². The Morgan fingerprint density at radius 2 is 1.57 bits per heavy atom. The fraction of sp³-hybridized carbons (Fsp3) is 0.455. The van der Waals surface area contributed by atoms with Crippen molar-refractivity contribution in [3.05, 3.63) is 35.9 Å². The number of nitrogens with zero attached hydrogens (tertiary/aromatic N) is 1. The first kappa shape index (κ1) is 13.9. The van der Waals surface area contributed by atoms with E-state index in [-0.39, 0.29) is 30.1 Å². The summed E-state index contributed by atoms with van der Waals surface area (Å²) in [7, 11) is 8.13. The van der Waals surface area contributed by atoms with E-state index in [1.54, 1.807) is 7.11 Å². The van der Waals surface area contributed by atoms with Crippen molar-refractivity contribution in [1.82, 2.24) is 0 Å². The molecule has 0 fully saturated rings. The summed E-state index contributed by atoms with van der Waals surface area (Å²) in [6, 6.07) is 10.3. The Morgan fingerprint density at radius 3 is 1.93 bits per heavy atom. The van der Waals surface area contributed by atoms with Gasteiger partial charge in [0.05, 0.1) is 21.1 Å². The molecule has 0 saturated carbocycles. The number of quaternary nitrogens is 1. The van der Waals surface area contributed by atoms with E-state index in [9.17, 15) is 0 Å². The van der Waals surface area contributed by atoms with Crippen molar-refractivity contribution in [1.29, 1.82) is 0 Å². The molecule has 0 radical (unpaired) electrons. The third-order valence-corrected chi connectivity index (χ3v) is 2.01. The molecular formula is C11H22NOSn+. The molecule has 0 N–H and O–H groups in total. The average molecular weight is 303 g/mol. The van der Waals surface area contributed by atoms with Gasteiger partial charge in [-0.15, -0.1) is 0 Å². The van der Waals surface area contributed by atoms with Crippen molar-refractivity contribution in [3.8, 4) is 0 Å². The van der Waals surface area contributed by atoms with E-state index in [0.717, 1.165) is 4.48 Å². The second-order valence-electron chi connectivity index (χ2n) is 4.11. The van der Waals surface area contributed by atoms with E-state index in [2.05, 4.69) is 33.3 Å². The van der Waals surface area contributed by atoms with Crippen LogP contribution in [0.25, 0.3) is 0 Å². The van der Waals surface area contributed by atoms with Crippen molar-refractivity contribution in [2.75, 3.05) is 28.3 Å². The standard InChI is InChI=1S/C11H18NO.Sn.4H/c1-12(2,3)11(13-4)10-8-6-5-7-9-10;;;;;/h5-9,11H,1-4H3;;;;;/q+1;;;;;. The van der Waals surface area contributed by atoms with Gasteiger partial charge in [0.25, 0.3) is 0 Å². The molecule has 1 rings (SSSR count). The van der Waals surface area contributed by atoms with Crippen molar-refractivity contribution in [3.63, 3.8) is 0 Å². The van der Waals surface area contributed by atoms with Gasteiger partial charge in [0, 0.05) is 12.7 Å². The molecule has 3 heteroatoms. The molecule has 0 amide bonds. The summed E-state index contributed by atoms with van der Waals surface area (Å²) in [5.74, 6) is 0. The van der Waals surface area contributed by atoms with Crippen LogP contribution < -0.4 is 0 Å². The second-order valence-corrected chi connectivity index (χ2v) is 4.11. The van der Waals surface area contributed by atoms with Crippen molar-refractivity contribution >= 4 is 23.9 Å². The minimum atomic E-state index is 0. The zero-order chi connectivity index (χ0) is 9.90. The maximum absolute atomic E-state index is 5.47. The van der Waals surface area contributed by atoms with Gasteiger partial charge in [-0.3, -0.25) is 0 Å². The Kier molecular flexibility index (Phi) is 5.71. The zero-order valence-electron chi connectivity index (χ0n) is 8.82. The van der Waals surface area contributed by atoms with Gasteiger partial charge in [-0.25, -0.2) is 0 Å². The fourth-order valence-electron chi connectivity index (χ4n) is 1.52. The summed E-state index contributed by atoms with van der Waals surface area (Å²) in [5, 5.41) is 0. The molecule has 1 aromatic carbocycles. The molecule has 0 aliphatic carbocycles. The Bertz CT molecular complexity index is 256. The molecule has 80 valence electrons. The van der Waals surface area contributed by atoms with Crippen LogP contribution in [0.5, 0.6) is 0 Å². The number of methoxy groups -OCH3 is 1. The summed E-state index contributed by atoms with van der Waals surface area (Å²) >= 11 is 0. The molecule has 0 bridgehead atoms. The number of rotatable bonds is 3. The van der Waals surface area contributed by atoms with Gasteiger partial charge in [0.15, 0.2) is 0 Å². The van der Waals surface area contributed by atoms with Gasteiger partial charge in [-0.1, -0.05) is 30.3 Å². The molecule has 1 unspecified atom stereocenters. The van der Waals surface area contributed by atoms with E-state index < -0.39 is 0 Å². The zero-order valence-corrected chi connectivity index (χ0v) is 8.82. The van der Waals surface area contributed by atoms with Crippen LogP contribution in [0.15, 0.2) is 30.3 Å². The summed E-state index contributed by atoms with van der Waals surface area (Å²) in [5.41, 5.74) is 1.22. The van der Waals surface area contributed by atoms with Crippen LogP contribution in [0.4, 0.5) is 0 Å². The quantitative estimate of drug-likeness (QED) is 0.451. The van der Waals surface area contributed by atoms with Gasteiger partial charge in [-0.05, 0) is 0 Å². The number of benzene rings is 1. The summed E-state index contributed by atoms with van der Waals surface area (Å²) in [6.45, 7) is 0. The average Bonchev–Trinajstić information content (AvgIpc) is 2.05. The van der Waals surface area contributed by atoms with Crippen molar-refractivity contribution in [2.24, 2.45) is 0 Å². The molecule has 0 aromatic heterocycles. The third kappa shape index (κ3) is 3.59. The maximum atomic E-state index is 5.47. The van der Waals surface area contributed by atoms with E-state index in [1.165, 1.54) is 5.56 Å². The Balaban J connectivity index is 0.00000169. The van der Waals surface area contributed by atoms with Crippen LogP contribution in [0.1, 0.15) is 11.8 Å². The molecule has 1 aromatic rings. The van der Waals surface area contributed by atoms with E-state index in [4.69, 9.17) is 4.74 Å². The molecule has 14 heavy (non-hydrogen) atoms. The van der Waals surface area contributed by atoms with Gasteiger partial charge < -0.3 is 9.22 Å². The molecule has 0 aliphatic heterocycles. The third-order valence-electron chi connectivity index (χ3n) is 2.01. The molecule has 0 heterocycles. The number of hydrogen-bond acceptors (Lipinski definition) is 1. The van der Waals surface area contributed by atoms with E-state index in [1.807, 2.05) is 18.2 Å². The summed E-state index contributed by atoms with van der Waals surface area (Å²) in [6.07, 6.45) is 0.112. The summed E-state index contributed by atoms with van der Waals surface area (Å²) < 4.78 is 6.25. The fourth-order valence-corrected chi connectivity index (χ4v) is 1.52. The van der Waals surface area contributed by atoms with Crippen molar-refractivity contribution in [2.45, 2.75) is 6.23 Å². The normalized spacial score (nSPS) is 13.1. The van der Waals surface area contributed by atoms with Gasteiger partial charge in [-0.2, -0.15) is 0 Å². The van der Waals surface area contributed by atoms with Gasteiger partial charge in [0.1, 0.15) is 0 Å². The molecule has 0 saturated heterocycles. The van der Waals surface area contributed by atoms with Gasteiger partial charge in [0.2, 0.25) is 6.23 Å². The molecular weight excluding hydrogens is 281 g/mol. The number of hydrogen-bond donors (Lipinski definition) is 0. The SMILES string of the molecule is COC(c1ccccc1)[N+](C)(C)C.[SnH4]. The van der Waals surface area contributed by atoms with Crippen LogP contribution in [-0.4, -0.2) is 56.6 Å². The summed E-state index contributed by atoms with van der Waals surface area (Å²) in [4.78, 5) is 0.